The van der Waals surface area contributed by atoms with E-state index in [2.05, 4.69) is 5.32 Å². The zero-order valence-electron chi connectivity index (χ0n) is 18.2. The van der Waals surface area contributed by atoms with Gasteiger partial charge in [0.25, 0.3) is 11.8 Å². The Morgan fingerprint density at radius 2 is 1.47 bits per heavy atom. The van der Waals surface area contributed by atoms with Crippen LogP contribution < -0.4 is 10.2 Å². The summed E-state index contributed by atoms with van der Waals surface area (Å²) in [6.07, 6.45) is 1.49. The van der Waals surface area contributed by atoms with E-state index in [0.29, 0.717) is 11.3 Å². The van der Waals surface area contributed by atoms with Crippen molar-refractivity contribution in [2.24, 2.45) is 0 Å². The third-order valence-corrected chi connectivity index (χ3v) is 5.42. The Hall–Kier alpha value is -4.00. The first kappa shape index (κ1) is 21.2. The molecule has 0 saturated carbocycles. The number of nitrogens with zero attached hydrogens (tertiary/aromatic N) is 2. The van der Waals surface area contributed by atoms with Crippen molar-refractivity contribution >= 4 is 29.6 Å². The highest BCUT2D eigenvalue weighted by atomic mass is 19.1. The molecule has 2 aromatic carbocycles. The monoisotopic (exact) mass is 431 g/mol. The van der Waals surface area contributed by atoms with Crippen LogP contribution in [0.15, 0.2) is 54.1 Å². The first-order valence-corrected chi connectivity index (χ1v) is 10.1. The lowest BCUT2D eigenvalue weighted by Crippen LogP contribution is -2.54. The van der Waals surface area contributed by atoms with Crippen molar-refractivity contribution in [1.29, 1.82) is 0 Å². The third kappa shape index (κ3) is 3.73. The fourth-order valence-electron chi connectivity index (χ4n) is 4.05. The maximum atomic E-state index is 13.3. The second kappa shape index (κ2) is 7.92. The second-order valence-electron chi connectivity index (χ2n) is 7.94. The first-order chi connectivity index (χ1) is 15.2. The minimum Gasteiger partial charge on any atom is -0.318 e. The highest BCUT2D eigenvalue weighted by Crippen LogP contribution is 2.27. The van der Waals surface area contributed by atoms with Gasteiger partial charge in [-0.05, 0) is 92.9 Å². The molecular weight excluding hydrogens is 409 g/mol. The average Bonchev–Trinajstić information content (AvgIpc) is 2.98. The van der Waals surface area contributed by atoms with Crippen molar-refractivity contribution in [1.82, 2.24) is 9.88 Å². The van der Waals surface area contributed by atoms with Gasteiger partial charge in [-0.1, -0.05) is 6.07 Å². The Kier molecular flexibility index (Phi) is 5.26. The molecule has 1 fully saturated rings. The van der Waals surface area contributed by atoms with Gasteiger partial charge in [-0.2, -0.15) is 0 Å². The molecule has 32 heavy (non-hydrogen) atoms. The molecule has 4 amide bonds. The van der Waals surface area contributed by atoms with E-state index in [9.17, 15) is 18.8 Å². The molecule has 0 bridgehead atoms. The summed E-state index contributed by atoms with van der Waals surface area (Å²) in [4.78, 5) is 39.2. The lowest BCUT2D eigenvalue weighted by atomic mass is 10.1. The summed E-state index contributed by atoms with van der Waals surface area (Å²) in [6, 6.07) is 12.5. The number of aromatic nitrogens is 1. The highest BCUT2D eigenvalue weighted by Gasteiger charge is 2.37. The largest absolute Gasteiger partial charge is 0.335 e. The molecule has 6 nitrogen and oxygen atoms in total. The molecular formula is C25H22FN3O3. The van der Waals surface area contributed by atoms with Crippen LogP contribution in [0.5, 0.6) is 0 Å². The Balaban J connectivity index is 1.77. The van der Waals surface area contributed by atoms with Crippen LogP contribution in [-0.4, -0.2) is 22.4 Å². The summed E-state index contributed by atoms with van der Waals surface area (Å²) in [6.45, 7) is 7.47. The molecule has 0 spiro atoms. The number of amides is 4. The van der Waals surface area contributed by atoms with Gasteiger partial charge in [0.15, 0.2) is 0 Å². The molecule has 162 valence electrons. The van der Waals surface area contributed by atoms with Gasteiger partial charge in [-0.25, -0.2) is 14.1 Å². The summed E-state index contributed by atoms with van der Waals surface area (Å²) < 4.78 is 15.2. The predicted octanol–water partition coefficient (Wildman–Crippen LogP) is 4.52. The molecule has 1 aliphatic heterocycles. The summed E-state index contributed by atoms with van der Waals surface area (Å²) in [5.74, 6) is -1.76. The zero-order valence-corrected chi connectivity index (χ0v) is 18.2. The molecule has 1 aliphatic rings. The molecule has 1 aromatic heterocycles. The van der Waals surface area contributed by atoms with Gasteiger partial charge in [0.05, 0.1) is 5.69 Å². The standard InChI is InChI=1S/C25H22FN3O3/c1-14-9-15(2)11-21(10-14)29-24(31)22(23(30)27-25(29)32)13-18-12-16(3)28(17(18)4)20-7-5-19(26)6-8-20/h5-13H,1-4H3,(H,27,30,32)/b22-13+. The highest BCUT2D eigenvalue weighted by molar-refractivity contribution is 6.39. The number of barbiturate groups is 1. The number of carbonyl (C=O) groups is 3. The Bertz CT molecular complexity index is 1280. The molecule has 0 unspecified atom stereocenters. The number of aryl methyl sites for hydroxylation is 3. The number of halogens is 1. The first-order valence-electron chi connectivity index (χ1n) is 10.1. The molecule has 0 aliphatic carbocycles. The maximum Gasteiger partial charge on any atom is 0.335 e. The smallest absolute Gasteiger partial charge is 0.318 e. The van der Waals surface area contributed by atoms with E-state index in [-0.39, 0.29) is 11.4 Å². The van der Waals surface area contributed by atoms with Crippen LogP contribution >= 0.6 is 0 Å². The molecule has 2 heterocycles. The average molecular weight is 431 g/mol. The van der Waals surface area contributed by atoms with Gasteiger partial charge in [-0.3, -0.25) is 14.9 Å². The second-order valence-corrected chi connectivity index (χ2v) is 7.94. The molecule has 0 atom stereocenters. The van der Waals surface area contributed by atoms with Gasteiger partial charge >= 0.3 is 6.03 Å². The molecule has 1 saturated heterocycles. The van der Waals surface area contributed by atoms with Gasteiger partial charge in [-0.15, -0.1) is 0 Å². The fourth-order valence-corrected chi connectivity index (χ4v) is 4.05. The van der Waals surface area contributed by atoms with Crippen molar-refractivity contribution in [2.45, 2.75) is 27.7 Å². The molecule has 3 aromatic rings. The van der Waals surface area contributed by atoms with E-state index in [1.165, 1.54) is 18.2 Å². The van der Waals surface area contributed by atoms with Crippen LogP contribution in [0.25, 0.3) is 11.8 Å². The quantitative estimate of drug-likeness (QED) is 0.490. The van der Waals surface area contributed by atoms with E-state index in [0.717, 1.165) is 33.1 Å². The SMILES string of the molecule is Cc1cc(C)cc(N2C(=O)NC(=O)/C(=C\c3cc(C)n(-c4ccc(F)cc4)c3C)C2=O)c1. The lowest BCUT2D eigenvalue weighted by Gasteiger charge is -2.27. The normalized spacial score (nSPS) is 15.5. The van der Waals surface area contributed by atoms with Crippen molar-refractivity contribution in [3.05, 3.63) is 88.0 Å². The number of anilines is 1. The summed E-state index contributed by atoms with van der Waals surface area (Å²) >= 11 is 0. The lowest BCUT2D eigenvalue weighted by molar-refractivity contribution is -0.122. The number of hydrogen-bond acceptors (Lipinski definition) is 3. The van der Waals surface area contributed by atoms with Crippen molar-refractivity contribution in [3.63, 3.8) is 0 Å². The number of rotatable bonds is 3. The van der Waals surface area contributed by atoms with Crippen molar-refractivity contribution in [3.8, 4) is 5.69 Å². The van der Waals surface area contributed by atoms with Gasteiger partial charge in [0.1, 0.15) is 11.4 Å². The van der Waals surface area contributed by atoms with E-state index >= 15 is 0 Å². The minimum atomic E-state index is -0.779. The Morgan fingerprint density at radius 3 is 2.09 bits per heavy atom. The fraction of sp³-hybridized carbons (Fsp3) is 0.160. The van der Waals surface area contributed by atoms with E-state index in [1.54, 1.807) is 24.3 Å². The van der Waals surface area contributed by atoms with Crippen LogP contribution in [0.4, 0.5) is 14.9 Å². The third-order valence-electron chi connectivity index (χ3n) is 5.42. The molecule has 1 N–H and O–H groups in total. The van der Waals surface area contributed by atoms with Crippen LogP contribution in [-0.2, 0) is 9.59 Å². The van der Waals surface area contributed by atoms with Crippen LogP contribution in [0.1, 0.15) is 28.1 Å². The molecule has 0 radical (unpaired) electrons. The minimum absolute atomic E-state index is 0.136. The van der Waals surface area contributed by atoms with E-state index in [1.807, 2.05) is 44.4 Å². The number of imide groups is 2. The number of hydrogen-bond donors (Lipinski definition) is 1. The van der Waals surface area contributed by atoms with Crippen molar-refractivity contribution < 1.29 is 18.8 Å². The summed E-state index contributed by atoms with van der Waals surface area (Å²) in [7, 11) is 0. The van der Waals surface area contributed by atoms with Gasteiger partial charge < -0.3 is 4.57 Å². The summed E-state index contributed by atoms with van der Waals surface area (Å²) in [5.41, 5.74) is 5.10. The predicted molar refractivity (Wildman–Crippen MR) is 120 cm³/mol. The topological polar surface area (TPSA) is 71.4 Å². The van der Waals surface area contributed by atoms with Crippen LogP contribution in [0.3, 0.4) is 0 Å². The number of benzene rings is 2. The number of urea groups is 1. The zero-order chi connectivity index (χ0) is 23.2. The van der Waals surface area contributed by atoms with E-state index in [4.69, 9.17) is 0 Å². The van der Waals surface area contributed by atoms with Crippen LogP contribution in [0.2, 0.25) is 0 Å². The molecule has 7 heteroatoms. The van der Waals surface area contributed by atoms with Crippen LogP contribution in [0, 0.1) is 33.5 Å². The van der Waals surface area contributed by atoms with Crippen molar-refractivity contribution in [2.75, 3.05) is 4.90 Å². The number of carbonyl (C=O) groups excluding carboxylic acids is 3. The number of nitrogens with one attached hydrogen (secondary N) is 1. The Labute approximate surface area is 185 Å². The van der Waals surface area contributed by atoms with Gasteiger partial charge in [0.2, 0.25) is 0 Å². The maximum absolute atomic E-state index is 13.3. The Morgan fingerprint density at radius 1 is 0.844 bits per heavy atom. The molecule has 4 rings (SSSR count). The summed E-state index contributed by atoms with van der Waals surface area (Å²) in [5, 5.41) is 2.26. The van der Waals surface area contributed by atoms with Gasteiger partial charge in [0, 0.05) is 17.1 Å². The van der Waals surface area contributed by atoms with E-state index < -0.39 is 17.8 Å².